The molecular formula is C22H47N3O5Si4. The number of ether oxygens (including phenoxy) is 1. The van der Waals surface area contributed by atoms with E-state index in [9.17, 15) is 4.79 Å². The van der Waals surface area contributed by atoms with Crippen LogP contribution in [0.15, 0.2) is 17.1 Å². The molecule has 1 aromatic rings. The Balaban J connectivity index is 2.53. The predicted octanol–water partition coefficient (Wildman–Crippen LogP) is 4.70. The summed E-state index contributed by atoms with van der Waals surface area (Å²) in [6.07, 6.45) is 0.143. The molecule has 1 aromatic heterocycles. The fraction of sp³-hybridized carbons (Fsp3) is 0.818. The Hall–Kier alpha value is -0.612. The third-order valence-corrected chi connectivity index (χ3v) is 10.5. The lowest BCUT2D eigenvalue weighted by atomic mass is 10.0. The zero-order valence-electron chi connectivity index (χ0n) is 23.6. The van der Waals surface area contributed by atoms with Gasteiger partial charge in [-0.05, 0) is 72.0 Å². The third kappa shape index (κ3) is 8.50. The van der Waals surface area contributed by atoms with E-state index >= 15 is 0 Å². The molecule has 0 radical (unpaired) electrons. The van der Waals surface area contributed by atoms with Gasteiger partial charge in [-0.3, -0.25) is 4.57 Å². The van der Waals surface area contributed by atoms with Crippen LogP contribution in [-0.4, -0.2) is 74.7 Å². The third-order valence-electron chi connectivity index (χ3n) is 5.33. The van der Waals surface area contributed by atoms with Gasteiger partial charge in [0, 0.05) is 6.20 Å². The van der Waals surface area contributed by atoms with Gasteiger partial charge in [-0.25, -0.2) is 4.79 Å². The summed E-state index contributed by atoms with van der Waals surface area (Å²) in [5.74, 6) is 0.689. The number of hydrogen-bond donors (Lipinski definition) is 0. The van der Waals surface area contributed by atoms with Crippen LogP contribution in [0.5, 0.6) is 0 Å². The van der Waals surface area contributed by atoms with Crippen LogP contribution in [0.2, 0.25) is 78.6 Å². The molecule has 4 atom stereocenters. The highest BCUT2D eigenvalue weighted by Gasteiger charge is 2.48. The van der Waals surface area contributed by atoms with Crippen molar-refractivity contribution in [1.82, 2.24) is 9.55 Å². The van der Waals surface area contributed by atoms with Gasteiger partial charge in [-0.1, -0.05) is 19.6 Å². The van der Waals surface area contributed by atoms with E-state index in [0.717, 1.165) is 0 Å². The molecule has 1 aliphatic rings. The van der Waals surface area contributed by atoms with Crippen LogP contribution < -0.4 is 10.3 Å². The van der Waals surface area contributed by atoms with Crippen LogP contribution in [0.3, 0.4) is 0 Å². The molecule has 0 bridgehead atoms. The molecule has 0 N–H and O–H groups in total. The van der Waals surface area contributed by atoms with Crippen molar-refractivity contribution in [2.45, 2.75) is 103 Å². The van der Waals surface area contributed by atoms with E-state index in [1.165, 1.54) is 0 Å². The van der Waals surface area contributed by atoms with E-state index in [2.05, 4.69) is 88.1 Å². The van der Waals surface area contributed by atoms with Crippen LogP contribution in [0.25, 0.3) is 0 Å². The Morgan fingerprint density at radius 1 is 0.882 bits per heavy atom. The maximum Gasteiger partial charge on any atom is 0.351 e. The van der Waals surface area contributed by atoms with Gasteiger partial charge in [0.15, 0.2) is 31.2 Å². The molecule has 2 unspecified atom stereocenters. The van der Waals surface area contributed by atoms with Gasteiger partial charge >= 0.3 is 5.69 Å². The standard InChI is InChI=1S/C22H47N3O5Si4/c1-24(31(2,3)4)18-14-15-25(22(26)23-18)21-20(30-34(11,12)13)19(29-33(8,9)10)17(16-27-21)28-32(5,6)7/h14-15,17,19-21H,16H2,1-13H3/t17-,19?,20?,21+/m1/s1. The Labute approximate surface area is 210 Å². The first-order valence-corrected chi connectivity index (χ1v) is 25.8. The van der Waals surface area contributed by atoms with Crippen molar-refractivity contribution in [1.29, 1.82) is 0 Å². The first-order chi connectivity index (χ1) is 15.2. The molecule has 0 amide bonds. The molecule has 196 valence electrons. The monoisotopic (exact) mass is 545 g/mol. The predicted molar refractivity (Wildman–Crippen MR) is 150 cm³/mol. The molecule has 1 aliphatic heterocycles. The lowest BCUT2D eigenvalue weighted by Crippen LogP contribution is -2.61. The molecule has 0 spiro atoms. The summed E-state index contributed by atoms with van der Waals surface area (Å²) in [5.41, 5.74) is -0.340. The number of aromatic nitrogens is 2. The Kier molecular flexibility index (Phi) is 9.06. The number of rotatable bonds is 9. The molecule has 2 heterocycles. The Morgan fingerprint density at radius 2 is 1.38 bits per heavy atom. The highest BCUT2D eigenvalue weighted by atomic mass is 28.4. The minimum Gasteiger partial charge on any atom is -0.410 e. The van der Waals surface area contributed by atoms with Crippen LogP contribution in [-0.2, 0) is 18.0 Å². The summed E-state index contributed by atoms with van der Waals surface area (Å²) in [7, 11) is -5.50. The number of hydrogen-bond acceptors (Lipinski definition) is 7. The Morgan fingerprint density at radius 3 is 1.82 bits per heavy atom. The first kappa shape index (κ1) is 29.6. The van der Waals surface area contributed by atoms with Gasteiger partial charge in [-0.2, -0.15) is 4.98 Å². The molecular weight excluding hydrogens is 499 g/mol. The number of anilines is 1. The quantitative estimate of drug-likeness (QED) is 0.416. The lowest BCUT2D eigenvalue weighted by Gasteiger charge is -2.48. The van der Waals surface area contributed by atoms with E-state index in [1.807, 2.05) is 13.1 Å². The summed E-state index contributed by atoms with van der Waals surface area (Å²) >= 11 is 0. The largest absolute Gasteiger partial charge is 0.410 e. The first-order valence-electron chi connectivity index (χ1n) is 12.2. The molecule has 1 saturated heterocycles. The summed E-state index contributed by atoms with van der Waals surface area (Å²) in [4.78, 5) is 17.7. The molecule has 8 nitrogen and oxygen atoms in total. The summed E-state index contributed by atoms with van der Waals surface area (Å²) < 4.78 is 29.9. The van der Waals surface area contributed by atoms with E-state index in [4.69, 9.17) is 18.0 Å². The van der Waals surface area contributed by atoms with Crippen LogP contribution in [0, 0.1) is 0 Å². The average Bonchev–Trinajstić information content (AvgIpc) is 2.60. The average molecular weight is 546 g/mol. The van der Waals surface area contributed by atoms with E-state index in [-0.39, 0.29) is 17.9 Å². The van der Waals surface area contributed by atoms with Crippen LogP contribution in [0.4, 0.5) is 5.82 Å². The maximum absolute atomic E-state index is 13.2. The van der Waals surface area contributed by atoms with Crippen molar-refractivity contribution in [3.05, 3.63) is 22.7 Å². The SMILES string of the molecule is CN(c1ccn([C@H]2OC[C@@H](O[Si](C)(C)C)C(O[Si](C)(C)C)C2O[Si](C)(C)C)c(=O)n1)[Si](C)(C)C. The van der Waals surface area contributed by atoms with Crippen molar-refractivity contribution in [3.63, 3.8) is 0 Å². The van der Waals surface area contributed by atoms with Crippen molar-refractivity contribution in [2.24, 2.45) is 0 Å². The van der Waals surface area contributed by atoms with E-state index in [0.29, 0.717) is 12.4 Å². The Bertz CT molecular complexity index is 887. The molecule has 34 heavy (non-hydrogen) atoms. The second-order valence-corrected chi connectivity index (χ2v) is 31.5. The topological polar surface area (TPSA) is 75.1 Å². The van der Waals surface area contributed by atoms with Gasteiger partial charge < -0.3 is 22.6 Å². The molecule has 0 aliphatic carbocycles. The van der Waals surface area contributed by atoms with Crippen LogP contribution in [0.1, 0.15) is 6.23 Å². The fourth-order valence-corrected chi connectivity index (χ4v) is 7.85. The van der Waals surface area contributed by atoms with Gasteiger partial charge in [0.1, 0.15) is 26.3 Å². The fourth-order valence-electron chi connectivity index (χ4n) is 3.76. The van der Waals surface area contributed by atoms with Gasteiger partial charge in [-0.15, -0.1) is 0 Å². The summed E-state index contributed by atoms with van der Waals surface area (Å²) in [6.45, 7) is 26.5. The second kappa shape index (κ2) is 10.4. The lowest BCUT2D eigenvalue weighted by molar-refractivity contribution is -0.196. The normalized spacial score (nSPS) is 24.9. The molecule has 0 saturated carbocycles. The van der Waals surface area contributed by atoms with E-state index < -0.39 is 45.5 Å². The minimum absolute atomic E-state index is 0.239. The van der Waals surface area contributed by atoms with Gasteiger partial charge in [0.05, 0.1) is 12.7 Å². The van der Waals surface area contributed by atoms with Crippen molar-refractivity contribution < 1.29 is 18.0 Å². The highest BCUT2D eigenvalue weighted by molar-refractivity contribution is 6.79. The number of nitrogens with zero attached hydrogens (tertiary/aromatic N) is 3. The van der Waals surface area contributed by atoms with Crippen molar-refractivity contribution >= 4 is 39.0 Å². The second-order valence-electron chi connectivity index (χ2n) is 13.1. The van der Waals surface area contributed by atoms with Crippen molar-refractivity contribution in [3.8, 4) is 0 Å². The molecule has 1 fully saturated rings. The summed E-state index contributed by atoms with van der Waals surface area (Å²) in [5, 5.41) is 0. The minimum atomic E-state index is -2.02. The molecule has 0 aromatic carbocycles. The van der Waals surface area contributed by atoms with Crippen LogP contribution >= 0.6 is 0 Å². The smallest absolute Gasteiger partial charge is 0.351 e. The van der Waals surface area contributed by atoms with E-state index in [1.54, 1.807) is 10.8 Å². The highest BCUT2D eigenvalue weighted by Crippen LogP contribution is 2.34. The van der Waals surface area contributed by atoms with Gasteiger partial charge in [0.2, 0.25) is 0 Å². The van der Waals surface area contributed by atoms with Crippen molar-refractivity contribution in [2.75, 3.05) is 18.2 Å². The summed E-state index contributed by atoms with van der Waals surface area (Å²) in [6, 6.07) is 1.90. The molecule has 12 heteroatoms. The maximum atomic E-state index is 13.2. The molecule has 2 rings (SSSR count). The zero-order chi connectivity index (χ0) is 26.3. The zero-order valence-corrected chi connectivity index (χ0v) is 27.6. The van der Waals surface area contributed by atoms with Gasteiger partial charge in [0.25, 0.3) is 0 Å².